The fraction of sp³-hybridized carbons (Fsp3) is 0.312. The largest absolute Gasteiger partial charge is 0.367 e. The van der Waals surface area contributed by atoms with Gasteiger partial charge in [0.05, 0.1) is 10.7 Å². The van der Waals surface area contributed by atoms with Crippen molar-refractivity contribution in [2.45, 2.75) is 0 Å². The van der Waals surface area contributed by atoms with Crippen LogP contribution in [0.15, 0.2) is 42.6 Å². The Morgan fingerprint density at radius 1 is 1.05 bits per heavy atom. The van der Waals surface area contributed by atoms with Crippen molar-refractivity contribution in [2.75, 3.05) is 31.1 Å². The van der Waals surface area contributed by atoms with Crippen LogP contribution in [0.2, 0.25) is 5.02 Å². The SMILES string of the molecule is Cn1cccc1C(=O)N1CCN(c2ccccc2Cl)CC1. The molecule has 1 aliphatic rings. The number of benzene rings is 1. The highest BCUT2D eigenvalue weighted by atomic mass is 35.5. The lowest BCUT2D eigenvalue weighted by molar-refractivity contribution is 0.0737. The third-order valence-electron chi connectivity index (χ3n) is 3.92. The zero-order valence-corrected chi connectivity index (χ0v) is 12.8. The number of aromatic nitrogens is 1. The molecule has 1 saturated heterocycles. The Morgan fingerprint density at radius 2 is 1.76 bits per heavy atom. The zero-order chi connectivity index (χ0) is 14.8. The Balaban J connectivity index is 1.67. The summed E-state index contributed by atoms with van der Waals surface area (Å²) in [6.45, 7) is 3.05. The zero-order valence-electron chi connectivity index (χ0n) is 12.0. The van der Waals surface area contributed by atoms with Crippen LogP contribution in [0.3, 0.4) is 0 Å². The minimum Gasteiger partial charge on any atom is -0.367 e. The summed E-state index contributed by atoms with van der Waals surface area (Å²) >= 11 is 6.23. The number of hydrogen-bond acceptors (Lipinski definition) is 2. The van der Waals surface area contributed by atoms with Crippen LogP contribution < -0.4 is 4.90 Å². The van der Waals surface area contributed by atoms with Gasteiger partial charge in [0.2, 0.25) is 0 Å². The summed E-state index contributed by atoms with van der Waals surface area (Å²) < 4.78 is 1.86. The predicted octanol–water partition coefficient (Wildman–Crippen LogP) is 2.64. The maximum atomic E-state index is 12.5. The quantitative estimate of drug-likeness (QED) is 0.853. The molecule has 5 heteroatoms. The fourth-order valence-corrected chi connectivity index (χ4v) is 2.96. The lowest BCUT2D eigenvalue weighted by Gasteiger charge is -2.36. The molecule has 1 amide bonds. The monoisotopic (exact) mass is 303 g/mol. The van der Waals surface area contributed by atoms with Crippen molar-refractivity contribution < 1.29 is 4.79 Å². The van der Waals surface area contributed by atoms with Crippen LogP contribution in [0.1, 0.15) is 10.5 Å². The number of carbonyl (C=O) groups is 1. The number of amides is 1. The van der Waals surface area contributed by atoms with E-state index in [9.17, 15) is 4.79 Å². The number of nitrogens with zero attached hydrogens (tertiary/aromatic N) is 3. The molecule has 3 rings (SSSR count). The lowest BCUT2D eigenvalue weighted by atomic mass is 10.2. The van der Waals surface area contributed by atoms with Crippen LogP contribution >= 0.6 is 11.6 Å². The van der Waals surface area contributed by atoms with Crippen molar-refractivity contribution in [3.63, 3.8) is 0 Å². The number of carbonyl (C=O) groups excluding carboxylic acids is 1. The maximum Gasteiger partial charge on any atom is 0.270 e. The van der Waals surface area contributed by atoms with Crippen molar-refractivity contribution in [3.8, 4) is 0 Å². The van der Waals surface area contributed by atoms with Crippen molar-refractivity contribution >= 4 is 23.2 Å². The van der Waals surface area contributed by atoms with Gasteiger partial charge in [-0.05, 0) is 24.3 Å². The predicted molar refractivity (Wildman–Crippen MR) is 85.0 cm³/mol. The van der Waals surface area contributed by atoms with Crippen molar-refractivity contribution in [3.05, 3.63) is 53.3 Å². The van der Waals surface area contributed by atoms with Gasteiger partial charge >= 0.3 is 0 Å². The van der Waals surface area contributed by atoms with Gasteiger partial charge in [0.25, 0.3) is 5.91 Å². The summed E-state index contributed by atoms with van der Waals surface area (Å²) in [5.41, 5.74) is 1.78. The van der Waals surface area contributed by atoms with Crippen LogP contribution in [0.5, 0.6) is 0 Å². The third kappa shape index (κ3) is 2.76. The molecule has 0 aliphatic carbocycles. The first-order valence-electron chi connectivity index (χ1n) is 7.07. The molecule has 0 unspecified atom stereocenters. The van der Waals surface area contributed by atoms with Gasteiger partial charge < -0.3 is 14.4 Å². The summed E-state index contributed by atoms with van der Waals surface area (Å²) in [6.07, 6.45) is 1.90. The smallest absolute Gasteiger partial charge is 0.270 e. The molecule has 0 radical (unpaired) electrons. The highest BCUT2D eigenvalue weighted by Crippen LogP contribution is 2.26. The first-order chi connectivity index (χ1) is 10.2. The number of halogens is 1. The fourth-order valence-electron chi connectivity index (χ4n) is 2.70. The van der Waals surface area contributed by atoms with Gasteiger partial charge in [-0.15, -0.1) is 0 Å². The maximum absolute atomic E-state index is 12.5. The van der Waals surface area contributed by atoms with E-state index >= 15 is 0 Å². The van der Waals surface area contributed by atoms with Crippen molar-refractivity contribution in [1.82, 2.24) is 9.47 Å². The molecule has 0 N–H and O–H groups in total. The molecular weight excluding hydrogens is 286 g/mol. The number of aryl methyl sites for hydroxylation is 1. The Bertz CT molecular complexity index is 644. The van der Waals surface area contributed by atoms with Crippen LogP contribution in [0.25, 0.3) is 0 Å². The molecule has 2 aromatic rings. The Morgan fingerprint density at radius 3 is 2.38 bits per heavy atom. The van der Waals surface area contributed by atoms with E-state index in [-0.39, 0.29) is 5.91 Å². The summed E-state index contributed by atoms with van der Waals surface area (Å²) in [7, 11) is 1.90. The van der Waals surface area contributed by atoms with Crippen molar-refractivity contribution in [2.24, 2.45) is 7.05 Å². The highest BCUT2D eigenvalue weighted by molar-refractivity contribution is 6.33. The van der Waals surface area contributed by atoms with Gasteiger partial charge in [0.15, 0.2) is 0 Å². The number of anilines is 1. The van der Waals surface area contributed by atoms with Crippen LogP contribution in [-0.4, -0.2) is 41.6 Å². The van der Waals surface area contributed by atoms with Gasteiger partial charge in [0, 0.05) is 39.4 Å². The van der Waals surface area contributed by atoms with E-state index < -0.39 is 0 Å². The second-order valence-corrected chi connectivity index (χ2v) is 5.64. The first-order valence-corrected chi connectivity index (χ1v) is 7.44. The topological polar surface area (TPSA) is 28.5 Å². The number of piperazine rings is 1. The second kappa shape index (κ2) is 5.82. The number of para-hydroxylation sites is 1. The standard InChI is InChI=1S/C16H18ClN3O/c1-18-8-4-7-15(18)16(21)20-11-9-19(10-12-20)14-6-3-2-5-13(14)17/h2-8H,9-12H2,1H3. The molecule has 0 atom stereocenters. The second-order valence-electron chi connectivity index (χ2n) is 5.23. The van der Waals surface area contributed by atoms with Crippen LogP contribution in [0.4, 0.5) is 5.69 Å². The summed E-state index contributed by atoms with van der Waals surface area (Å²) in [5, 5.41) is 0.764. The normalized spacial score (nSPS) is 15.3. The number of hydrogen-bond donors (Lipinski definition) is 0. The molecule has 0 saturated carbocycles. The molecule has 4 nitrogen and oxygen atoms in total. The summed E-state index contributed by atoms with van der Waals surface area (Å²) in [6, 6.07) is 11.6. The summed E-state index contributed by atoms with van der Waals surface area (Å²) in [4.78, 5) is 16.6. The van der Waals surface area contributed by atoms with Gasteiger partial charge in [-0.2, -0.15) is 0 Å². The van der Waals surface area contributed by atoms with E-state index in [0.717, 1.165) is 42.6 Å². The Kier molecular flexibility index (Phi) is 3.88. The Labute approximate surface area is 129 Å². The highest BCUT2D eigenvalue weighted by Gasteiger charge is 2.24. The molecule has 110 valence electrons. The third-order valence-corrected chi connectivity index (χ3v) is 4.24. The molecule has 21 heavy (non-hydrogen) atoms. The van der Waals surface area contributed by atoms with Crippen molar-refractivity contribution in [1.29, 1.82) is 0 Å². The number of rotatable bonds is 2. The van der Waals surface area contributed by atoms with Gasteiger partial charge in [-0.25, -0.2) is 0 Å². The Hall–Kier alpha value is -1.94. The molecule has 0 spiro atoms. The molecule has 1 aromatic heterocycles. The first kappa shape index (κ1) is 14.0. The van der Waals surface area contributed by atoms with E-state index in [2.05, 4.69) is 4.90 Å². The molecule has 2 heterocycles. The average Bonchev–Trinajstić information content (AvgIpc) is 2.93. The molecular formula is C16H18ClN3O. The minimum atomic E-state index is 0.0984. The minimum absolute atomic E-state index is 0.0984. The van der Waals surface area contributed by atoms with E-state index in [4.69, 9.17) is 11.6 Å². The van der Waals surface area contributed by atoms with E-state index in [1.165, 1.54) is 0 Å². The molecule has 1 fully saturated rings. The van der Waals surface area contributed by atoms with Gasteiger partial charge in [0.1, 0.15) is 5.69 Å². The molecule has 0 bridgehead atoms. The van der Waals surface area contributed by atoms with Gasteiger partial charge in [-0.3, -0.25) is 4.79 Å². The van der Waals surface area contributed by atoms with Gasteiger partial charge in [-0.1, -0.05) is 23.7 Å². The summed E-state index contributed by atoms with van der Waals surface area (Å²) in [5.74, 6) is 0.0984. The molecule has 1 aromatic carbocycles. The van der Waals surface area contributed by atoms with E-state index in [1.54, 1.807) is 0 Å². The van der Waals surface area contributed by atoms with Crippen LogP contribution in [0, 0.1) is 0 Å². The molecule has 1 aliphatic heterocycles. The van der Waals surface area contributed by atoms with E-state index in [0.29, 0.717) is 0 Å². The van der Waals surface area contributed by atoms with Crippen LogP contribution in [-0.2, 0) is 7.05 Å². The average molecular weight is 304 g/mol. The lowest BCUT2D eigenvalue weighted by Crippen LogP contribution is -2.49. The van der Waals surface area contributed by atoms with E-state index in [1.807, 2.05) is 59.1 Å².